The van der Waals surface area contributed by atoms with Crippen LogP contribution in [0.1, 0.15) is 22.6 Å². The molecule has 0 bridgehead atoms. The van der Waals surface area contributed by atoms with Crippen LogP contribution in [0.5, 0.6) is 5.75 Å². The number of nitrogens with zero attached hydrogens (tertiary/aromatic N) is 2. The first-order chi connectivity index (χ1) is 12.0. The Hall–Kier alpha value is -2.79. The fourth-order valence-electron chi connectivity index (χ4n) is 2.65. The number of aromatic nitrogens is 2. The van der Waals surface area contributed by atoms with Crippen molar-refractivity contribution in [1.29, 1.82) is 0 Å². The summed E-state index contributed by atoms with van der Waals surface area (Å²) in [4.78, 5) is 4.44. The van der Waals surface area contributed by atoms with Crippen molar-refractivity contribution in [3.63, 3.8) is 0 Å². The molecule has 0 unspecified atom stereocenters. The van der Waals surface area contributed by atoms with Crippen molar-refractivity contribution in [3.8, 4) is 17.1 Å². The molecule has 0 amide bonds. The first-order valence-corrected chi connectivity index (χ1v) is 8.08. The minimum Gasteiger partial charge on any atom is -0.497 e. The molecule has 2 N–H and O–H groups in total. The minimum atomic E-state index is 0.345. The Kier molecular flexibility index (Phi) is 4.76. The molecule has 0 radical (unpaired) electrons. The number of hydrogen-bond acceptors (Lipinski definition) is 5. The number of benzene rings is 2. The van der Waals surface area contributed by atoms with Gasteiger partial charge in [-0.3, -0.25) is 0 Å². The maximum Gasteiger partial charge on any atom is 0.253 e. The Labute approximate surface area is 151 Å². The number of rotatable bonds is 4. The average Bonchev–Trinajstić information content (AvgIpc) is 3.02. The van der Waals surface area contributed by atoms with Crippen LogP contribution < -0.4 is 10.5 Å². The van der Waals surface area contributed by atoms with Crippen LogP contribution in [0, 0.1) is 13.8 Å². The van der Waals surface area contributed by atoms with Crippen LogP contribution in [-0.4, -0.2) is 17.3 Å². The van der Waals surface area contributed by atoms with Crippen molar-refractivity contribution in [1.82, 2.24) is 10.1 Å². The lowest BCUT2D eigenvalue weighted by molar-refractivity contribution is 0.410. The van der Waals surface area contributed by atoms with E-state index in [4.69, 9.17) is 26.6 Å². The lowest BCUT2D eigenvalue weighted by Gasteiger charge is -2.08. The van der Waals surface area contributed by atoms with Gasteiger partial charge in [-0.2, -0.15) is 4.98 Å². The van der Waals surface area contributed by atoms with Gasteiger partial charge in [0, 0.05) is 22.4 Å². The SMILES string of the molecule is COc1cc(C)c(-c2noc(/C=C(\N)c3ccc(Cl)cc3)n2)c(C)c1. The van der Waals surface area contributed by atoms with Gasteiger partial charge in [-0.1, -0.05) is 28.9 Å². The molecule has 0 saturated heterocycles. The molecule has 1 heterocycles. The molecule has 3 aromatic rings. The molecule has 0 aliphatic carbocycles. The van der Waals surface area contributed by atoms with E-state index < -0.39 is 0 Å². The Morgan fingerprint density at radius 2 is 1.80 bits per heavy atom. The van der Waals surface area contributed by atoms with E-state index in [0.717, 1.165) is 28.0 Å². The van der Waals surface area contributed by atoms with E-state index >= 15 is 0 Å². The summed E-state index contributed by atoms with van der Waals surface area (Å²) in [6.07, 6.45) is 1.65. The Morgan fingerprint density at radius 3 is 2.40 bits per heavy atom. The molecule has 2 aromatic carbocycles. The van der Waals surface area contributed by atoms with Gasteiger partial charge in [0.15, 0.2) is 0 Å². The molecule has 0 spiro atoms. The van der Waals surface area contributed by atoms with Gasteiger partial charge in [-0.25, -0.2) is 0 Å². The van der Waals surface area contributed by atoms with Crippen molar-refractivity contribution < 1.29 is 9.26 Å². The second kappa shape index (κ2) is 6.99. The standard InChI is InChI=1S/C19H18ClN3O2/c1-11-8-15(24-3)9-12(2)18(11)19-22-17(25-23-19)10-16(21)13-4-6-14(20)7-5-13/h4-10H,21H2,1-3H3/b16-10-. The van der Waals surface area contributed by atoms with Gasteiger partial charge >= 0.3 is 0 Å². The normalized spacial score (nSPS) is 11.6. The molecule has 5 nitrogen and oxygen atoms in total. The lowest BCUT2D eigenvalue weighted by atomic mass is 10.0. The maximum absolute atomic E-state index is 6.10. The van der Waals surface area contributed by atoms with Crippen LogP contribution in [-0.2, 0) is 0 Å². The molecular formula is C19H18ClN3O2. The molecule has 6 heteroatoms. The number of ether oxygens (including phenoxy) is 1. The quantitative estimate of drug-likeness (QED) is 0.747. The summed E-state index contributed by atoms with van der Waals surface area (Å²) in [5.41, 5.74) is 10.4. The number of hydrogen-bond donors (Lipinski definition) is 1. The van der Waals surface area contributed by atoms with Gasteiger partial charge in [0.25, 0.3) is 5.89 Å². The van der Waals surface area contributed by atoms with E-state index in [2.05, 4.69) is 10.1 Å². The van der Waals surface area contributed by atoms with Crippen molar-refractivity contribution in [2.24, 2.45) is 5.73 Å². The molecule has 0 saturated carbocycles. The molecule has 128 valence electrons. The average molecular weight is 356 g/mol. The second-order valence-electron chi connectivity index (χ2n) is 5.70. The Bertz CT molecular complexity index is 907. The first kappa shape index (κ1) is 17.0. The fourth-order valence-corrected chi connectivity index (χ4v) is 2.77. The van der Waals surface area contributed by atoms with Crippen LogP contribution in [0.3, 0.4) is 0 Å². The summed E-state index contributed by atoms with van der Waals surface area (Å²) in [7, 11) is 1.64. The zero-order valence-corrected chi connectivity index (χ0v) is 15.0. The lowest BCUT2D eigenvalue weighted by Crippen LogP contribution is -1.96. The largest absolute Gasteiger partial charge is 0.497 e. The van der Waals surface area contributed by atoms with Crippen molar-refractivity contribution in [3.05, 3.63) is 64.0 Å². The van der Waals surface area contributed by atoms with Crippen LogP contribution in [0.25, 0.3) is 23.2 Å². The third-order valence-electron chi connectivity index (χ3n) is 3.86. The summed E-state index contributed by atoms with van der Waals surface area (Å²) in [5.74, 6) is 1.67. The van der Waals surface area contributed by atoms with Gasteiger partial charge < -0.3 is 15.0 Å². The fraction of sp³-hybridized carbons (Fsp3) is 0.158. The highest BCUT2D eigenvalue weighted by atomic mass is 35.5. The Morgan fingerprint density at radius 1 is 1.16 bits per heavy atom. The monoisotopic (exact) mass is 355 g/mol. The molecule has 0 aliphatic heterocycles. The third kappa shape index (κ3) is 3.67. The van der Waals surface area contributed by atoms with Gasteiger partial charge in [0.2, 0.25) is 5.82 Å². The highest BCUT2D eigenvalue weighted by Gasteiger charge is 2.14. The Balaban J connectivity index is 1.93. The smallest absolute Gasteiger partial charge is 0.253 e. The first-order valence-electron chi connectivity index (χ1n) is 7.70. The highest BCUT2D eigenvalue weighted by molar-refractivity contribution is 6.30. The van der Waals surface area contributed by atoms with Gasteiger partial charge in [0.1, 0.15) is 5.75 Å². The summed E-state index contributed by atoms with van der Waals surface area (Å²) >= 11 is 5.89. The topological polar surface area (TPSA) is 74.2 Å². The van der Waals surface area contributed by atoms with E-state index in [0.29, 0.717) is 22.4 Å². The van der Waals surface area contributed by atoms with Crippen molar-refractivity contribution in [2.75, 3.05) is 7.11 Å². The summed E-state index contributed by atoms with van der Waals surface area (Å²) in [6.45, 7) is 3.97. The van der Waals surface area contributed by atoms with Gasteiger partial charge in [0.05, 0.1) is 7.11 Å². The zero-order valence-electron chi connectivity index (χ0n) is 14.2. The molecule has 1 aromatic heterocycles. The van der Waals surface area contributed by atoms with Crippen molar-refractivity contribution in [2.45, 2.75) is 13.8 Å². The summed E-state index contributed by atoms with van der Waals surface area (Å²) in [6, 6.07) is 11.1. The van der Waals surface area contributed by atoms with Gasteiger partial charge in [-0.15, -0.1) is 0 Å². The molecule has 0 fully saturated rings. The van der Waals surface area contributed by atoms with Crippen LogP contribution in [0.2, 0.25) is 5.02 Å². The second-order valence-corrected chi connectivity index (χ2v) is 6.14. The maximum atomic E-state index is 6.10. The van der Waals surface area contributed by atoms with E-state index in [9.17, 15) is 0 Å². The predicted molar refractivity (Wildman–Crippen MR) is 99.3 cm³/mol. The molecule has 0 aliphatic rings. The number of aryl methyl sites for hydroxylation is 2. The molecule has 0 atom stereocenters. The summed E-state index contributed by atoms with van der Waals surface area (Å²) < 4.78 is 10.6. The van der Waals surface area contributed by atoms with Crippen LogP contribution in [0.4, 0.5) is 0 Å². The number of halogens is 1. The number of methoxy groups -OCH3 is 1. The van der Waals surface area contributed by atoms with E-state index in [1.165, 1.54) is 0 Å². The van der Waals surface area contributed by atoms with Gasteiger partial charge in [-0.05, 0) is 54.8 Å². The zero-order chi connectivity index (χ0) is 18.0. The minimum absolute atomic E-state index is 0.345. The molecular weight excluding hydrogens is 338 g/mol. The van der Waals surface area contributed by atoms with Crippen molar-refractivity contribution >= 4 is 23.4 Å². The van der Waals surface area contributed by atoms with Crippen LogP contribution in [0.15, 0.2) is 40.9 Å². The third-order valence-corrected chi connectivity index (χ3v) is 4.12. The van der Waals surface area contributed by atoms with E-state index in [-0.39, 0.29) is 0 Å². The summed E-state index contributed by atoms with van der Waals surface area (Å²) in [5, 5.41) is 4.73. The number of nitrogens with two attached hydrogens (primary N) is 1. The molecule has 3 rings (SSSR count). The van der Waals surface area contributed by atoms with Crippen LogP contribution >= 0.6 is 11.6 Å². The highest BCUT2D eigenvalue weighted by Crippen LogP contribution is 2.29. The molecule has 25 heavy (non-hydrogen) atoms. The van der Waals surface area contributed by atoms with E-state index in [1.807, 2.05) is 38.1 Å². The van der Waals surface area contributed by atoms with E-state index in [1.54, 1.807) is 25.3 Å². The predicted octanol–water partition coefficient (Wildman–Crippen LogP) is 4.47.